The maximum atomic E-state index is 11.5. The van der Waals surface area contributed by atoms with E-state index in [1.54, 1.807) is 0 Å². The van der Waals surface area contributed by atoms with Crippen LogP contribution in [0.25, 0.3) is 0 Å². The van der Waals surface area contributed by atoms with E-state index >= 15 is 0 Å². The zero-order valence-corrected chi connectivity index (χ0v) is 10.2. The van der Waals surface area contributed by atoms with Gasteiger partial charge in [0.1, 0.15) is 5.76 Å². The number of benzene rings is 1. The van der Waals surface area contributed by atoms with Gasteiger partial charge in [0.05, 0.1) is 12.6 Å². The van der Waals surface area contributed by atoms with Gasteiger partial charge in [0.25, 0.3) is 0 Å². The van der Waals surface area contributed by atoms with Crippen LogP contribution < -0.4 is 5.32 Å². The van der Waals surface area contributed by atoms with Crippen molar-refractivity contribution in [1.29, 1.82) is 0 Å². The lowest BCUT2D eigenvalue weighted by molar-refractivity contribution is -0.118. The molecule has 1 aliphatic heterocycles. The second-order valence-corrected chi connectivity index (χ2v) is 4.22. The number of amides is 1. The summed E-state index contributed by atoms with van der Waals surface area (Å²) in [5.74, 6) is 0.687. The Morgan fingerprint density at radius 1 is 1.35 bits per heavy atom. The first kappa shape index (κ1) is 11.7. The van der Waals surface area contributed by atoms with Crippen molar-refractivity contribution >= 4 is 5.91 Å². The molecule has 0 saturated heterocycles. The maximum Gasteiger partial charge on any atom is 0.247 e. The van der Waals surface area contributed by atoms with Crippen molar-refractivity contribution in [2.45, 2.75) is 26.3 Å². The highest BCUT2D eigenvalue weighted by Crippen LogP contribution is 2.25. The van der Waals surface area contributed by atoms with Gasteiger partial charge in [-0.2, -0.15) is 0 Å². The van der Waals surface area contributed by atoms with E-state index < -0.39 is 0 Å². The number of carbonyl (C=O) groups is 1. The van der Waals surface area contributed by atoms with Crippen LogP contribution in [-0.4, -0.2) is 12.5 Å². The van der Waals surface area contributed by atoms with Crippen molar-refractivity contribution in [2.75, 3.05) is 6.61 Å². The molecule has 2 rings (SSSR count). The normalized spacial score (nSPS) is 19.5. The van der Waals surface area contributed by atoms with Gasteiger partial charge in [-0.25, -0.2) is 0 Å². The first-order valence-electron chi connectivity index (χ1n) is 5.89. The predicted octanol–water partition coefficient (Wildman–Crippen LogP) is 2.48. The van der Waals surface area contributed by atoms with E-state index in [4.69, 9.17) is 4.74 Å². The van der Waals surface area contributed by atoms with E-state index in [2.05, 4.69) is 36.5 Å². The first-order chi connectivity index (χ1) is 8.19. The van der Waals surface area contributed by atoms with Crippen molar-refractivity contribution < 1.29 is 9.53 Å². The average Bonchev–Trinajstić information content (AvgIpc) is 2.29. The SMILES string of the molecule is CCOC1=CC(=O)NC(c2ccc(C)cc2)C1. The number of aryl methyl sites for hydroxylation is 1. The summed E-state index contributed by atoms with van der Waals surface area (Å²) in [5, 5.41) is 2.95. The fraction of sp³-hybridized carbons (Fsp3) is 0.357. The van der Waals surface area contributed by atoms with Crippen LogP contribution in [0.2, 0.25) is 0 Å². The Balaban J connectivity index is 2.15. The largest absolute Gasteiger partial charge is 0.498 e. The smallest absolute Gasteiger partial charge is 0.247 e. The average molecular weight is 231 g/mol. The second kappa shape index (κ2) is 5.04. The molecule has 1 heterocycles. The molecular formula is C14H17NO2. The Morgan fingerprint density at radius 3 is 2.71 bits per heavy atom. The molecule has 17 heavy (non-hydrogen) atoms. The summed E-state index contributed by atoms with van der Waals surface area (Å²) >= 11 is 0. The van der Waals surface area contributed by atoms with E-state index in [0.717, 1.165) is 17.7 Å². The number of rotatable bonds is 3. The highest BCUT2D eigenvalue weighted by atomic mass is 16.5. The lowest BCUT2D eigenvalue weighted by Gasteiger charge is -2.24. The molecule has 0 fully saturated rings. The van der Waals surface area contributed by atoms with Gasteiger partial charge < -0.3 is 10.1 Å². The number of ether oxygens (including phenoxy) is 1. The number of nitrogens with one attached hydrogen (secondary N) is 1. The molecule has 0 bridgehead atoms. The van der Waals surface area contributed by atoms with E-state index in [1.165, 1.54) is 11.6 Å². The van der Waals surface area contributed by atoms with Crippen molar-refractivity contribution in [1.82, 2.24) is 5.32 Å². The Labute approximate surface area is 101 Å². The maximum absolute atomic E-state index is 11.5. The Kier molecular flexibility index (Phi) is 3.47. The molecule has 1 atom stereocenters. The molecule has 1 unspecified atom stereocenters. The van der Waals surface area contributed by atoms with Crippen LogP contribution >= 0.6 is 0 Å². The minimum absolute atomic E-state index is 0.0228. The number of hydrogen-bond donors (Lipinski definition) is 1. The predicted molar refractivity (Wildman–Crippen MR) is 66.4 cm³/mol. The van der Waals surface area contributed by atoms with Crippen LogP contribution in [0.5, 0.6) is 0 Å². The Morgan fingerprint density at radius 2 is 2.06 bits per heavy atom. The third-order valence-electron chi connectivity index (χ3n) is 2.82. The fourth-order valence-electron chi connectivity index (χ4n) is 1.96. The lowest BCUT2D eigenvalue weighted by atomic mass is 9.99. The third kappa shape index (κ3) is 2.87. The minimum atomic E-state index is -0.0784. The lowest BCUT2D eigenvalue weighted by Crippen LogP contribution is -2.31. The second-order valence-electron chi connectivity index (χ2n) is 4.22. The molecule has 3 heteroatoms. The molecule has 1 aromatic rings. The summed E-state index contributed by atoms with van der Waals surface area (Å²) in [6.45, 7) is 4.57. The number of hydrogen-bond acceptors (Lipinski definition) is 2. The Bertz CT molecular complexity index is 434. The molecule has 0 radical (unpaired) electrons. The summed E-state index contributed by atoms with van der Waals surface area (Å²) in [6.07, 6.45) is 2.26. The van der Waals surface area contributed by atoms with Gasteiger partial charge >= 0.3 is 0 Å². The van der Waals surface area contributed by atoms with E-state index in [-0.39, 0.29) is 11.9 Å². The molecule has 1 N–H and O–H groups in total. The molecule has 0 spiro atoms. The van der Waals surface area contributed by atoms with Crippen LogP contribution in [0.3, 0.4) is 0 Å². The van der Waals surface area contributed by atoms with Gasteiger partial charge in [-0.15, -0.1) is 0 Å². The van der Waals surface area contributed by atoms with Gasteiger partial charge in [0.2, 0.25) is 5.91 Å². The highest BCUT2D eigenvalue weighted by molar-refractivity contribution is 5.89. The van der Waals surface area contributed by atoms with Crippen LogP contribution in [0, 0.1) is 6.92 Å². The summed E-state index contributed by atoms with van der Waals surface area (Å²) in [5.41, 5.74) is 2.34. The molecule has 0 aliphatic carbocycles. The summed E-state index contributed by atoms with van der Waals surface area (Å²) in [7, 11) is 0. The van der Waals surface area contributed by atoms with Crippen molar-refractivity contribution in [3.05, 3.63) is 47.2 Å². The molecule has 1 aliphatic rings. The zero-order chi connectivity index (χ0) is 12.3. The summed E-state index contributed by atoms with van der Waals surface area (Å²) in [4.78, 5) is 11.5. The minimum Gasteiger partial charge on any atom is -0.498 e. The van der Waals surface area contributed by atoms with Gasteiger partial charge in [-0.1, -0.05) is 29.8 Å². The van der Waals surface area contributed by atoms with Crippen LogP contribution in [-0.2, 0) is 9.53 Å². The first-order valence-corrected chi connectivity index (χ1v) is 5.89. The van der Waals surface area contributed by atoms with Gasteiger partial charge in [-0.05, 0) is 19.4 Å². The topological polar surface area (TPSA) is 38.3 Å². The monoisotopic (exact) mass is 231 g/mol. The summed E-state index contributed by atoms with van der Waals surface area (Å²) in [6, 6.07) is 8.24. The van der Waals surface area contributed by atoms with Gasteiger partial charge in [0.15, 0.2) is 0 Å². The van der Waals surface area contributed by atoms with Crippen LogP contribution in [0.4, 0.5) is 0 Å². The summed E-state index contributed by atoms with van der Waals surface area (Å²) < 4.78 is 5.43. The van der Waals surface area contributed by atoms with Gasteiger partial charge in [-0.3, -0.25) is 4.79 Å². The fourth-order valence-corrected chi connectivity index (χ4v) is 1.96. The quantitative estimate of drug-likeness (QED) is 0.867. The Hall–Kier alpha value is -1.77. The molecule has 0 saturated carbocycles. The van der Waals surface area contributed by atoms with Crippen LogP contribution in [0.15, 0.2) is 36.1 Å². The molecule has 3 nitrogen and oxygen atoms in total. The molecular weight excluding hydrogens is 214 g/mol. The number of carbonyl (C=O) groups excluding carboxylic acids is 1. The molecule has 1 amide bonds. The molecule has 90 valence electrons. The van der Waals surface area contributed by atoms with Gasteiger partial charge in [0, 0.05) is 12.5 Å². The standard InChI is InChI=1S/C14H17NO2/c1-3-17-12-8-13(15-14(16)9-12)11-6-4-10(2)5-7-11/h4-7,9,13H,3,8H2,1-2H3,(H,15,16). The van der Waals surface area contributed by atoms with E-state index in [0.29, 0.717) is 6.61 Å². The van der Waals surface area contributed by atoms with Crippen LogP contribution in [0.1, 0.15) is 30.5 Å². The van der Waals surface area contributed by atoms with Crippen molar-refractivity contribution in [2.24, 2.45) is 0 Å². The van der Waals surface area contributed by atoms with Crippen molar-refractivity contribution in [3.63, 3.8) is 0 Å². The third-order valence-corrected chi connectivity index (χ3v) is 2.82. The zero-order valence-electron chi connectivity index (χ0n) is 10.2. The van der Waals surface area contributed by atoms with E-state index in [1.807, 2.05) is 6.92 Å². The van der Waals surface area contributed by atoms with Crippen molar-refractivity contribution in [3.8, 4) is 0 Å². The molecule has 1 aromatic carbocycles. The van der Waals surface area contributed by atoms with E-state index in [9.17, 15) is 4.79 Å². The highest BCUT2D eigenvalue weighted by Gasteiger charge is 2.21. The molecule has 0 aromatic heterocycles.